The molecule has 12 aromatic rings. The van der Waals surface area contributed by atoms with Crippen LogP contribution in [0.2, 0.25) is 24.2 Å². The number of hydrogen-bond acceptors (Lipinski definition) is 14. The van der Waals surface area contributed by atoms with Crippen molar-refractivity contribution in [3.05, 3.63) is 105 Å². The lowest BCUT2D eigenvalue weighted by Gasteiger charge is -2.35. The maximum atomic E-state index is 17.9. The van der Waals surface area contributed by atoms with Gasteiger partial charge in [-0.15, -0.1) is 90.7 Å². The van der Waals surface area contributed by atoms with Crippen LogP contribution in [0.3, 0.4) is 0 Å². The predicted molar refractivity (Wildman–Crippen MR) is 543 cm³/mol. The molecule has 0 bridgehead atoms. The van der Waals surface area contributed by atoms with E-state index in [1.54, 1.807) is 66.1 Å². The van der Waals surface area contributed by atoms with Gasteiger partial charge in [0.15, 0.2) is 23.3 Å². The summed E-state index contributed by atoms with van der Waals surface area (Å²) < 4.78 is 90.7. The zero-order valence-electron chi connectivity index (χ0n) is 75.2. The van der Waals surface area contributed by atoms with E-state index in [2.05, 4.69) is 132 Å². The van der Waals surface area contributed by atoms with Crippen molar-refractivity contribution in [2.24, 2.45) is 23.7 Å². The van der Waals surface area contributed by atoms with Crippen LogP contribution in [0.1, 0.15) is 321 Å². The van der Waals surface area contributed by atoms with Gasteiger partial charge in [-0.1, -0.05) is 288 Å². The molecule has 2 aliphatic heterocycles. The largest absolute Gasteiger partial charge is 0.203 e. The van der Waals surface area contributed by atoms with E-state index in [9.17, 15) is 0 Å². The molecule has 20 heteroatoms. The summed E-state index contributed by atoms with van der Waals surface area (Å²) in [6, 6.07) is 27.9. The molecule has 10 aromatic heterocycles. The summed E-state index contributed by atoms with van der Waals surface area (Å²) in [5.74, 6) is -0.912. The third-order valence-electron chi connectivity index (χ3n) is 27.8. The number of aryl methyl sites for hydroxylation is 4. The normalized spacial score (nSPS) is 16.0. The number of nitrogens with zero attached hydrogens (tertiary/aromatic N) is 4. The number of halogens is 4. The second kappa shape index (κ2) is 44.4. The Balaban J connectivity index is 0.813. The van der Waals surface area contributed by atoms with E-state index in [-0.39, 0.29) is 22.3 Å². The molecule has 4 nitrogen and oxygen atoms in total. The molecule has 122 heavy (non-hydrogen) atoms. The molecular formula is C102H134F4N4S10Si2. The average Bonchev–Trinajstić information content (AvgIpc) is 1.54. The number of aromatic nitrogens is 4. The summed E-state index contributed by atoms with van der Waals surface area (Å²) in [5.41, 5.74) is 5.00. The number of hydrogen-bond donors (Lipinski definition) is 0. The Morgan fingerprint density at radius 2 is 0.574 bits per heavy atom. The smallest absolute Gasteiger partial charge is 0.170 e. The first-order valence-corrected chi connectivity index (χ1v) is 60.6. The van der Waals surface area contributed by atoms with E-state index >= 15 is 17.6 Å². The molecule has 14 rings (SSSR count). The minimum absolute atomic E-state index is 0.187. The Kier molecular flexibility index (Phi) is 34.2. The van der Waals surface area contributed by atoms with Crippen LogP contribution in [0.4, 0.5) is 17.6 Å². The first-order chi connectivity index (χ1) is 59.5. The molecule has 0 saturated heterocycles. The Morgan fingerprint density at radius 1 is 0.279 bits per heavy atom. The molecule has 0 N–H and O–H groups in total. The summed E-state index contributed by atoms with van der Waals surface area (Å²) in [4.78, 5) is 18.0. The number of benzene rings is 2. The highest BCUT2D eigenvalue weighted by Crippen LogP contribution is 2.56. The van der Waals surface area contributed by atoms with Gasteiger partial charge in [0.1, 0.15) is 38.2 Å². The molecule has 4 unspecified atom stereocenters. The molecule has 2 aromatic carbocycles. The van der Waals surface area contributed by atoms with Crippen molar-refractivity contribution >= 4 is 173 Å². The van der Waals surface area contributed by atoms with Crippen LogP contribution >= 0.6 is 114 Å². The Labute approximate surface area is 771 Å². The molecule has 0 aliphatic carbocycles. The van der Waals surface area contributed by atoms with Gasteiger partial charge in [-0.25, -0.2) is 17.6 Å². The second-order valence-electron chi connectivity index (χ2n) is 36.3. The number of fused-ring (bicyclic) bond motifs is 8. The maximum Gasteiger partial charge on any atom is 0.170 e. The van der Waals surface area contributed by atoms with Crippen LogP contribution in [0, 0.1) is 60.8 Å². The minimum atomic E-state index is -2.62. The minimum Gasteiger partial charge on any atom is -0.203 e. The fourth-order valence-corrected chi connectivity index (χ4v) is 47.3. The van der Waals surface area contributed by atoms with Gasteiger partial charge in [-0.2, -0.15) is 17.5 Å². The van der Waals surface area contributed by atoms with E-state index in [1.807, 2.05) is 57.5 Å². The third-order valence-corrected chi connectivity index (χ3v) is 50.2. The van der Waals surface area contributed by atoms with Gasteiger partial charge < -0.3 is 0 Å². The van der Waals surface area contributed by atoms with Gasteiger partial charge in [-0.05, 0) is 180 Å². The van der Waals surface area contributed by atoms with Gasteiger partial charge in [-0.3, -0.25) is 0 Å². The molecule has 658 valence electrons. The highest BCUT2D eigenvalue weighted by Gasteiger charge is 2.52. The SMILES string of the molecule is CCCCCCCCCCCCc1cc(-c2c(F)c(F)c(-c3cc(CCCCCCCCCCCC)c(-c4cc5c(s4)-c4sc(-c6ccc(-c7c(F)c(F)c(-c8ccc(-c9cc%10c(s9)-c9sc(C)cc9[Si]%10(CC(CC)CCCC)CC(CC)CCCC)s8)c8nsnc78)s6)cc4[Si]5(CC(CC)CCCC)CC(CC)CCCC)s3)c3nsnc23)sc1C. The highest BCUT2D eigenvalue weighted by atomic mass is 32.1. The molecule has 0 fully saturated rings. The highest BCUT2D eigenvalue weighted by molar-refractivity contribution is 7.35. The van der Waals surface area contributed by atoms with Crippen molar-refractivity contribution < 1.29 is 17.6 Å². The molecular weight excluding hydrogens is 1730 g/mol. The number of thiophene rings is 8. The van der Waals surface area contributed by atoms with Crippen LogP contribution in [-0.2, 0) is 12.8 Å². The van der Waals surface area contributed by atoms with E-state index in [4.69, 9.17) is 17.5 Å². The summed E-state index contributed by atoms with van der Waals surface area (Å²) >= 11 is 16.1. The third kappa shape index (κ3) is 20.4. The van der Waals surface area contributed by atoms with Crippen molar-refractivity contribution in [1.82, 2.24) is 17.5 Å². The molecule has 2 aliphatic rings. The van der Waals surface area contributed by atoms with E-state index in [0.29, 0.717) is 60.4 Å². The van der Waals surface area contributed by atoms with E-state index in [0.717, 1.165) is 101 Å². The van der Waals surface area contributed by atoms with Gasteiger partial charge >= 0.3 is 0 Å². The van der Waals surface area contributed by atoms with Crippen molar-refractivity contribution in [2.45, 2.75) is 351 Å². The van der Waals surface area contributed by atoms with Gasteiger partial charge in [0.05, 0.1) is 45.7 Å². The lowest BCUT2D eigenvalue weighted by Crippen LogP contribution is -2.56. The van der Waals surface area contributed by atoms with E-state index < -0.39 is 39.4 Å². The van der Waals surface area contributed by atoms with Gasteiger partial charge in [0.25, 0.3) is 0 Å². The predicted octanol–water partition coefficient (Wildman–Crippen LogP) is 35.9. The topological polar surface area (TPSA) is 51.6 Å². The maximum absolute atomic E-state index is 17.9. The first kappa shape index (κ1) is 94.0. The Morgan fingerprint density at radius 3 is 0.951 bits per heavy atom. The summed E-state index contributed by atoms with van der Waals surface area (Å²) in [7, 11) is -4.83. The summed E-state index contributed by atoms with van der Waals surface area (Å²) in [6.07, 6.45) is 46.2. The summed E-state index contributed by atoms with van der Waals surface area (Å²) in [5, 5.41) is 6.44. The number of unbranched alkanes of at least 4 members (excludes halogenated alkanes) is 22. The van der Waals surface area contributed by atoms with Crippen molar-refractivity contribution in [3.63, 3.8) is 0 Å². The second-order valence-corrected chi connectivity index (χ2v) is 54.4. The monoisotopic (exact) mass is 1870 g/mol. The van der Waals surface area contributed by atoms with Gasteiger partial charge in [0.2, 0.25) is 0 Å². The number of rotatable bonds is 53. The molecule has 0 saturated carbocycles. The van der Waals surface area contributed by atoms with Crippen LogP contribution in [-0.4, -0.2) is 33.6 Å². The fraction of sp³-hybridized carbons (Fsp3) is 0.569. The van der Waals surface area contributed by atoms with Crippen LogP contribution in [0.5, 0.6) is 0 Å². The lowest BCUT2D eigenvalue weighted by atomic mass is 10.0. The van der Waals surface area contributed by atoms with Gasteiger partial charge in [0, 0.05) is 78.0 Å². The fourth-order valence-electron chi connectivity index (χ4n) is 20.7. The lowest BCUT2D eigenvalue weighted by molar-refractivity contribution is 0.469. The van der Waals surface area contributed by atoms with Crippen LogP contribution in [0.15, 0.2) is 60.7 Å². The summed E-state index contributed by atoms with van der Waals surface area (Å²) in [6.45, 7) is 28.0. The van der Waals surface area contributed by atoms with Crippen LogP contribution < -0.4 is 20.7 Å². The van der Waals surface area contributed by atoms with E-state index in [1.165, 1.54) is 265 Å². The first-order valence-electron chi connectivity index (χ1n) is 47.8. The van der Waals surface area contributed by atoms with Crippen molar-refractivity contribution in [2.75, 3.05) is 0 Å². The zero-order chi connectivity index (χ0) is 85.6. The Hall–Kier alpha value is -4.17. The standard InChI is InChI=1S/C102H134F4N4S10Si2/c1-13-23-29-31-33-35-37-39-41-43-49-71-56-79(112-66(71)12)88-92(105)93(106)89(97-96(88)109-120-110-97)80-57-72(50-44-42-40-38-36-34-32-30-24-14-2)98(117-80)81-60-85-102(118-81)101-84(122(85,63-69(21-9)47-27-17-5)64-70(22-10)48-28-18-6)59-78(116-101)74-52-54-76(114-74)87-91(104)90(103)86(94-95(87)108-119-107-94)75-53-51-73(113-75)77-58-83-100(115-77)99-82(55-65(11)111-99)121(83,61-67(19-7)45-25-15-3)62-68(20-8)46-26-16-4/h51-60,67-70H,13-50,61-64H2,1-12H3. The van der Waals surface area contributed by atoms with Crippen molar-refractivity contribution in [3.8, 4) is 90.5 Å². The molecule has 12 heterocycles. The molecule has 0 amide bonds. The quantitative estimate of drug-likeness (QED) is 0.0217. The molecule has 4 atom stereocenters. The Bertz CT molecular complexity index is 5340. The molecule has 0 spiro atoms. The molecule has 0 radical (unpaired) electrons. The van der Waals surface area contributed by atoms with Crippen molar-refractivity contribution in [1.29, 1.82) is 0 Å². The average molecular weight is 1870 g/mol. The van der Waals surface area contributed by atoms with Crippen LogP contribution in [0.25, 0.3) is 113 Å². The zero-order valence-corrected chi connectivity index (χ0v) is 85.3.